The van der Waals surface area contributed by atoms with E-state index < -0.39 is 11.6 Å². The van der Waals surface area contributed by atoms with Crippen LogP contribution < -0.4 is 0 Å². The second-order valence-corrected chi connectivity index (χ2v) is 8.91. The highest BCUT2D eigenvalue weighted by atomic mass is 35.5. The van der Waals surface area contributed by atoms with Crippen LogP contribution >= 0.6 is 11.6 Å². The van der Waals surface area contributed by atoms with Crippen LogP contribution in [0.4, 0.5) is 13.2 Å². The van der Waals surface area contributed by atoms with Gasteiger partial charge in [0.2, 0.25) is 0 Å². The van der Waals surface area contributed by atoms with Crippen molar-refractivity contribution in [1.82, 2.24) is 0 Å². The second kappa shape index (κ2) is 12.8. The smallest absolute Gasteiger partial charge is 0.144 e. The zero-order valence-corrected chi connectivity index (χ0v) is 19.6. The van der Waals surface area contributed by atoms with Crippen LogP contribution in [0.1, 0.15) is 49.1 Å². The maximum atomic E-state index is 12.5. The van der Waals surface area contributed by atoms with Gasteiger partial charge in [-0.15, -0.1) is 0 Å². The molecule has 5 heteroatoms. The summed E-state index contributed by atoms with van der Waals surface area (Å²) in [4.78, 5) is 0. The summed E-state index contributed by atoms with van der Waals surface area (Å²) in [5.74, 6) is -0.0799. The third-order valence-electron chi connectivity index (χ3n) is 6.23. The minimum absolute atomic E-state index is 0.0589. The average Bonchev–Trinajstić information content (AvgIpc) is 2.84. The Bertz CT molecular complexity index is 981. The van der Waals surface area contributed by atoms with E-state index in [2.05, 4.69) is 48.5 Å². The van der Waals surface area contributed by atoms with Gasteiger partial charge >= 0.3 is 0 Å². The quantitative estimate of drug-likeness (QED) is 0.324. The van der Waals surface area contributed by atoms with Gasteiger partial charge in [-0.1, -0.05) is 60.1 Å². The summed E-state index contributed by atoms with van der Waals surface area (Å²) < 4.78 is 41.9. The van der Waals surface area contributed by atoms with Gasteiger partial charge in [-0.3, -0.25) is 4.39 Å². The highest BCUT2D eigenvalue weighted by Gasteiger charge is 2.22. The van der Waals surface area contributed by atoms with Crippen molar-refractivity contribution in [2.45, 2.75) is 44.6 Å². The number of alkyl halides is 1. The predicted octanol–water partition coefficient (Wildman–Crippen LogP) is 8.75. The number of methoxy groups -OCH3 is 1. The van der Waals surface area contributed by atoms with Crippen molar-refractivity contribution in [2.75, 3.05) is 13.8 Å². The normalized spacial score (nSPS) is 17.8. The third-order valence-corrected chi connectivity index (χ3v) is 6.53. The zero-order valence-electron chi connectivity index (χ0n) is 18.9. The lowest BCUT2D eigenvalue weighted by molar-refractivity contribution is 0.185. The summed E-state index contributed by atoms with van der Waals surface area (Å²) in [6.45, 7) is 0.498. The Morgan fingerprint density at radius 3 is 1.97 bits per heavy atom. The lowest BCUT2D eigenvalue weighted by Gasteiger charge is -2.28. The van der Waals surface area contributed by atoms with Crippen LogP contribution in [0.15, 0.2) is 66.7 Å². The molecule has 3 aromatic rings. The molecule has 33 heavy (non-hydrogen) atoms. The van der Waals surface area contributed by atoms with Crippen molar-refractivity contribution in [1.29, 1.82) is 0 Å². The van der Waals surface area contributed by atoms with E-state index >= 15 is 0 Å². The van der Waals surface area contributed by atoms with Gasteiger partial charge in [0.25, 0.3) is 0 Å². The molecule has 0 atom stereocenters. The number of halogens is 4. The fraction of sp³-hybridized carbons (Fsp3) is 0.357. The van der Waals surface area contributed by atoms with Crippen LogP contribution in [0.5, 0.6) is 0 Å². The molecule has 0 radical (unpaired) electrons. The van der Waals surface area contributed by atoms with Gasteiger partial charge in [0.05, 0.1) is 18.3 Å². The molecule has 1 nitrogen and oxygen atoms in total. The molecule has 0 amide bonds. The molecule has 0 aliphatic heterocycles. The van der Waals surface area contributed by atoms with Gasteiger partial charge in [-0.2, -0.15) is 0 Å². The van der Waals surface area contributed by atoms with Crippen molar-refractivity contribution < 1.29 is 17.9 Å². The molecule has 176 valence electrons. The molecule has 0 bridgehead atoms. The summed E-state index contributed by atoms with van der Waals surface area (Å²) in [7, 11) is 1.72. The van der Waals surface area contributed by atoms with Gasteiger partial charge in [0.1, 0.15) is 11.6 Å². The number of ether oxygens (including phenoxy) is 1. The Kier molecular flexibility index (Phi) is 9.83. The first-order chi connectivity index (χ1) is 16.0. The van der Waals surface area contributed by atoms with E-state index in [1.54, 1.807) is 7.11 Å². The zero-order chi connectivity index (χ0) is 23.6. The Labute approximate surface area is 199 Å². The lowest BCUT2D eigenvalue weighted by Crippen LogP contribution is -2.13. The van der Waals surface area contributed by atoms with Crippen LogP contribution in [0.2, 0.25) is 5.02 Å². The van der Waals surface area contributed by atoms with Crippen molar-refractivity contribution in [3.05, 3.63) is 94.5 Å². The number of benzene rings is 3. The Morgan fingerprint density at radius 1 is 0.848 bits per heavy atom. The summed E-state index contributed by atoms with van der Waals surface area (Å²) in [5, 5.41) is -0.0589. The van der Waals surface area contributed by atoms with E-state index in [9.17, 15) is 13.2 Å². The largest absolute Gasteiger partial charge is 0.380 e. The summed E-state index contributed by atoms with van der Waals surface area (Å²) in [6, 6.07) is 20.6. The monoisotopic (exact) mass is 474 g/mol. The van der Waals surface area contributed by atoms with Gasteiger partial charge in [-0.25, -0.2) is 8.78 Å². The molecule has 0 unspecified atom stereocenters. The lowest BCUT2D eigenvalue weighted by atomic mass is 9.77. The van der Waals surface area contributed by atoms with E-state index in [0.29, 0.717) is 18.4 Å². The molecule has 3 aromatic carbocycles. The van der Waals surface area contributed by atoms with Gasteiger partial charge < -0.3 is 4.74 Å². The highest BCUT2D eigenvalue weighted by molar-refractivity contribution is 6.30. The fourth-order valence-electron chi connectivity index (χ4n) is 4.32. The Balaban J connectivity index is 0.000000286. The van der Waals surface area contributed by atoms with E-state index in [0.717, 1.165) is 18.6 Å². The molecule has 0 N–H and O–H groups in total. The Hall–Kier alpha value is -2.30. The van der Waals surface area contributed by atoms with E-state index in [-0.39, 0.29) is 11.7 Å². The SMILES string of the molecule is COCc1ccc(-c2ccc(C3CCC(CCF)CC3)cc2)cc1.Fc1ccc(Cl)c(F)c1. The Morgan fingerprint density at radius 2 is 1.45 bits per heavy atom. The first-order valence-electron chi connectivity index (χ1n) is 11.3. The molecule has 1 aliphatic carbocycles. The molecular formula is C28H30ClF3O. The summed E-state index contributed by atoms with van der Waals surface area (Å²) in [6.07, 6.45) is 5.52. The first kappa shape index (κ1) is 25.3. The number of hydrogen-bond donors (Lipinski definition) is 0. The number of hydrogen-bond acceptors (Lipinski definition) is 1. The number of rotatable bonds is 6. The van der Waals surface area contributed by atoms with Gasteiger partial charge in [-0.05, 0) is 78.3 Å². The average molecular weight is 475 g/mol. The molecule has 0 saturated heterocycles. The molecule has 1 aliphatic rings. The summed E-state index contributed by atoms with van der Waals surface area (Å²) >= 11 is 5.24. The first-order valence-corrected chi connectivity index (χ1v) is 11.7. The molecule has 0 aromatic heterocycles. The van der Waals surface area contributed by atoms with Crippen molar-refractivity contribution in [3.8, 4) is 11.1 Å². The topological polar surface area (TPSA) is 9.23 Å². The fourth-order valence-corrected chi connectivity index (χ4v) is 4.43. The van der Waals surface area contributed by atoms with E-state index in [1.807, 2.05) is 0 Å². The maximum Gasteiger partial charge on any atom is 0.144 e. The van der Waals surface area contributed by atoms with Crippen LogP contribution in [0.25, 0.3) is 11.1 Å². The van der Waals surface area contributed by atoms with Crippen LogP contribution in [-0.2, 0) is 11.3 Å². The van der Waals surface area contributed by atoms with Crippen molar-refractivity contribution in [3.63, 3.8) is 0 Å². The molecule has 4 rings (SSSR count). The minimum atomic E-state index is -0.725. The minimum Gasteiger partial charge on any atom is -0.380 e. The van der Waals surface area contributed by atoms with E-state index in [4.69, 9.17) is 16.3 Å². The second-order valence-electron chi connectivity index (χ2n) is 8.51. The molecule has 1 saturated carbocycles. The standard InChI is InChI=1S/C22H27FO.C6H3ClF2/c1-24-16-18-4-8-20(9-5-18)22-12-10-21(11-13-22)19-6-2-17(3-7-19)14-15-23;7-5-2-1-4(8)3-6(5)9/h4-5,8-13,17,19H,2-3,6-7,14-16H2,1H3;1-3H. The molecule has 0 spiro atoms. The summed E-state index contributed by atoms with van der Waals surface area (Å²) in [5.41, 5.74) is 5.14. The van der Waals surface area contributed by atoms with Gasteiger partial charge in [0, 0.05) is 13.2 Å². The van der Waals surface area contributed by atoms with E-state index in [1.165, 1.54) is 54.0 Å². The molecule has 0 heterocycles. The molecular weight excluding hydrogens is 445 g/mol. The maximum absolute atomic E-state index is 12.5. The third kappa shape index (κ3) is 7.62. The predicted molar refractivity (Wildman–Crippen MR) is 129 cm³/mol. The van der Waals surface area contributed by atoms with Crippen LogP contribution in [0, 0.1) is 17.6 Å². The van der Waals surface area contributed by atoms with Gasteiger partial charge in [0.15, 0.2) is 0 Å². The van der Waals surface area contributed by atoms with Crippen molar-refractivity contribution >= 4 is 11.6 Å². The highest BCUT2D eigenvalue weighted by Crippen LogP contribution is 2.37. The van der Waals surface area contributed by atoms with Crippen LogP contribution in [0.3, 0.4) is 0 Å². The van der Waals surface area contributed by atoms with Crippen LogP contribution in [-0.4, -0.2) is 13.8 Å². The van der Waals surface area contributed by atoms with Crippen molar-refractivity contribution in [2.24, 2.45) is 5.92 Å². The molecule has 1 fully saturated rings.